The van der Waals surface area contributed by atoms with Crippen LogP contribution in [0.1, 0.15) is 22.9 Å². The molecule has 1 aromatic heterocycles. The predicted octanol–water partition coefficient (Wildman–Crippen LogP) is 1.92. The molecule has 1 atom stereocenters. The number of hydrogen-bond acceptors (Lipinski definition) is 3. The number of aromatic nitrogens is 2. The fourth-order valence-electron chi connectivity index (χ4n) is 1.91. The predicted molar refractivity (Wildman–Crippen MR) is 66.9 cm³/mol. The second-order valence-corrected chi connectivity index (χ2v) is 4.15. The van der Waals surface area contributed by atoms with Crippen molar-refractivity contribution >= 4 is 0 Å². The Hall–Kier alpha value is -1.88. The lowest BCUT2D eigenvalue weighted by atomic mass is 9.99. The van der Waals surface area contributed by atoms with E-state index in [-0.39, 0.29) is 5.75 Å². The van der Waals surface area contributed by atoms with E-state index >= 15 is 0 Å². The Morgan fingerprint density at radius 1 is 1.39 bits per heavy atom. The van der Waals surface area contributed by atoms with Crippen LogP contribution in [0.3, 0.4) is 0 Å². The van der Waals surface area contributed by atoms with E-state index in [9.17, 15) is 4.39 Å². The van der Waals surface area contributed by atoms with E-state index in [0.717, 1.165) is 11.3 Å². The molecule has 0 amide bonds. The molecule has 1 heterocycles. The van der Waals surface area contributed by atoms with Crippen LogP contribution < -0.4 is 10.5 Å². The highest BCUT2D eigenvalue weighted by atomic mass is 19.1. The molecule has 0 fully saturated rings. The van der Waals surface area contributed by atoms with Crippen LogP contribution in [0, 0.1) is 12.7 Å². The number of nitrogens with zero attached hydrogens (tertiary/aromatic N) is 2. The van der Waals surface area contributed by atoms with Gasteiger partial charge in [0.25, 0.3) is 0 Å². The molecule has 0 saturated heterocycles. The van der Waals surface area contributed by atoms with Crippen molar-refractivity contribution in [2.45, 2.75) is 13.0 Å². The molecule has 0 aliphatic rings. The first-order valence-electron chi connectivity index (χ1n) is 5.62. The van der Waals surface area contributed by atoms with Gasteiger partial charge < -0.3 is 10.5 Å². The molecule has 0 bridgehead atoms. The zero-order valence-corrected chi connectivity index (χ0v) is 10.6. The number of methoxy groups -OCH3 is 1. The van der Waals surface area contributed by atoms with Gasteiger partial charge >= 0.3 is 0 Å². The summed E-state index contributed by atoms with van der Waals surface area (Å²) in [4.78, 5) is 0. The summed E-state index contributed by atoms with van der Waals surface area (Å²) in [6, 6.07) is 4.41. The smallest absolute Gasteiger partial charge is 0.170 e. The number of nitrogens with two attached hydrogens (primary N) is 1. The maximum absolute atomic E-state index is 14.1. The van der Waals surface area contributed by atoms with Crippen LogP contribution in [0.4, 0.5) is 4.39 Å². The number of benzene rings is 1. The molecule has 5 heteroatoms. The third-order valence-corrected chi connectivity index (χ3v) is 3.16. The molecule has 1 unspecified atom stereocenters. The standard InChI is InChI=1S/C13H16FN3O/c1-8-10(7-16-17(8)2)13(15)9-5-4-6-11(18-3)12(9)14/h4-7,13H,15H2,1-3H3. The molecule has 18 heavy (non-hydrogen) atoms. The summed E-state index contributed by atoms with van der Waals surface area (Å²) in [6.07, 6.45) is 1.67. The van der Waals surface area contributed by atoms with E-state index < -0.39 is 11.9 Å². The third-order valence-electron chi connectivity index (χ3n) is 3.16. The van der Waals surface area contributed by atoms with Crippen LogP contribution in [0.5, 0.6) is 5.75 Å². The van der Waals surface area contributed by atoms with Gasteiger partial charge in [-0.15, -0.1) is 0 Å². The molecule has 2 N–H and O–H groups in total. The Morgan fingerprint density at radius 3 is 2.67 bits per heavy atom. The maximum atomic E-state index is 14.1. The molecule has 0 radical (unpaired) electrons. The average molecular weight is 249 g/mol. The molecule has 2 rings (SSSR count). The molecule has 0 aliphatic heterocycles. The third kappa shape index (κ3) is 1.97. The molecular weight excluding hydrogens is 233 g/mol. The lowest BCUT2D eigenvalue weighted by Crippen LogP contribution is -2.15. The van der Waals surface area contributed by atoms with Gasteiger partial charge in [-0.25, -0.2) is 4.39 Å². The van der Waals surface area contributed by atoms with Gasteiger partial charge in [0.05, 0.1) is 19.3 Å². The largest absolute Gasteiger partial charge is 0.494 e. The van der Waals surface area contributed by atoms with Gasteiger partial charge in [0.1, 0.15) is 0 Å². The number of rotatable bonds is 3. The van der Waals surface area contributed by atoms with E-state index in [0.29, 0.717) is 5.56 Å². The zero-order valence-electron chi connectivity index (χ0n) is 10.6. The molecule has 2 aromatic rings. The highest BCUT2D eigenvalue weighted by Gasteiger charge is 2.19. The SMILES string of the molecule is COc1cccc(C(N)c2cnn(C)c2C)c1F. The van der Waals surface area contributed by atoms with Crippen molar-refractivity contribution in [3.05, 3.63) is 47.0 Å². The van der Waals surface area contributed by atoms with Crippen molar-refractivity contribution in [3.8, 4) is 5.75 Å². The molecule has 96 valence electrons. The lowest BCUT2D eigenvalue weighted by Gasteiger charge is -2.14. The highest BCUT2D eigenvalue weighted by molar-refractivity contribution is 5.38. The Labute approximate surface area is 105 Å². The van der Waals surface area contributed by atoms with Crippen molar-refractivity contribution in [2.75, 3.05) is 7.11 Å². The van der Waals surface area contributed by atoms with Gasteiger partial charge in [-0.05, 0) is 13.0 Å². The summed E-state index contributed by atoms with van der Waals surface area (Å²) in [5, 5.41) is 4.12. The minimum absolute atomic E-state index is 0.199. The normalized spacial score (nSPS) is 12.5. The minimum atomic E-state index is -0.547. The number of aryl methyl sites for hydroxylation is 1. The summed E-state index contributed by atoms with van der Waals surface area (Å²) in [5.41, 5.74) is 8.24. The minimum Gasteiger partial charge on any atom is -0.494 e. The van der Waals surface area contributed by atoms with Gasteiger partial charge in [-0.2, -0.15) is 5.10 Å². The summed E-state index contributed by atoms with van der Waals surface area (Å²) in [7, 11) is 3.26. The Morgan fingerprint density at radius 2 is 2.11 bits per heavy atom. The van der Waals surface area contributed by atoms with Crippen molar-refractivity contribution < 1.29 is 9.13 Å². The Kier molecular flexibility index (Phi) is 3.34. The first-order valence-corrected chi connectivity index (χ1v) is 5.62. The van der Waals surface area contributed by atoms with Crippen LogP contribution >= 0.6 is 0 Å². The molecule has 4 nitrogen and oxygen atoms in total. The summed E-state index contributed by atoms with van der Waals surface area (Å²) in [6.45, 7) is 1.90. The molecule has 0 aliphatic carbocycles. The van der Waals surface area contributed by atoms with Gasteiger partial charge in [0.2, 0.25) is 0 Å². The first kappa shape index (κ1) is 12.6. The highest BCUT2D eigenvalue weighted by Crippen LogP contribution is 2.28. The van der Waals surface area contributed by atoms with E-state index in [1.54, 1.807) is 29.1 Å². The number of halogens is 1. The van der Waals surface area contributed by atoms with E-state index in [1.165, 1.54) is 7.11 Å². The average Bonchev–Trinajstić information content (AvgIpc) is 2.70. The quantitative estimate of drug-likeness (QED) is 0.904. The fraction of sp³-hybridized carbons (Fsp3) is 0.308. The topological polar surface area (TPSA) is 53.1 Å². The monoisotopic (exact) mass is 249 g/mol. The van der Waals surface area contributed by atoms with Crippen LogP contribution in [0.2, 0.25) is 0 Å². The summed E-state index contributed by atoms with van der Waals surface area (Å²) >= 11 is 0. The van der Waals surface area contributed by atoms with Gasteiger partial charge in [0.15, 0.2) is 11.6 Å². The van der Waals surface area contributed by atoms with Crippen LogP contribution in [-0.4, -0.2) is 16.9 Å². The molecule has 0 saturated carbocycles. The lowest BCUT2D eigenvalue weighted by molar-refractivity contribution is 0.383. The molecule has 0 spiro atoms. The van der Waals surface area contributed by atoms with Crippen LogP contribution in [-0.2, 0) is 7.05 Å². The second-order valence-electron chi connectivity index (χ2n) is 4.15. The molecule has 1 aromatic carbocycles. The van der Waals surface area contributed by atoms with Crippen LogP contribution in [0.15, 0.2) is 24.4 Å². The van der Waals surface area contributed by atoms with Gasteiger partial charge in [-0.1, -0.05) is 12.1 Å². The van der Waals surface area contributed by atoms with Gasteiger partial charge in [-0.3, -0.25) is 4.68 Å². The van der Waals surface area contributed by atoms with Crippen molar-refractivity contribution in [2.24, 2.45) is 12.8 Å². The summed E-state index contributed by atoms with van der Waals surface area (Å²) in [5.74, 6) is -0.222. The number of ether oxygens (including phenoxy) is 1. The number of hydrogen-bond donors (Lipinski definition) is 1. The fourth-order valence-corrected chi connectivity index (χ4v) is 1.91. The maximum Gasteiger partial charge on any atom is 0.170 e. The first-order chi connectivity index (χ1) is 8.56. The molecular formula is C13H16FN3O. The second kappa shape index (κ2) is 4.78. The van der Waals surface area contributed by atoms with E-state index in [1.807, 2.05) is 14.0 Å². The Balaban J connectivity index is 2.46. The zero-order chi connectivity index (χ0) is 13.3. The van der Waals surface area contributed by atoms with E-state index in [4.69, 9.17) is 10.5 Å². The summed E-state index contributed by atoms with van der Waals surface area (Å²) < 4.78 is 20.8. The van der Waals surface area contributed by atoms with Crippen LogP contribution in [0.25, 0.3) is 0 Å². The Bertz CT molecular complexity index is 565. The van der Waals surface area contributed by atoms with Crippen molar-refractivity contribution in [1.29, 1.82) is 0 Å². The van der Waals surface area contributed by atoms with Gasteiger partial charge in [0, 0.05) is 23.9 Å². The van der Waals surface area contributed by atoms with Crippen molar-refractivity contribution in [1.82, 2.24) is 9.78 Å². The van der Waals surface area contributed by atoms with Crippen molar-refractivity contribution in [3.63, 3.8) is 0 Å². The van der Waals surface area contributed by atoms with E-state index in [2.05, 4.69) is 5.10 Å².